The fourth-order valence-electron chi connectivity index (χ4n) is 9.02. The van der Waals surface area contributed by atoms with E-state index in [1.807, 2.05) is 6.07 Å². The minimum Gasteiger partial charge on any atom is -0.456 e. The summed E-state index contributed by atoms with van der Waals surface area (Å²) in [4.78, 5) is 2.49. The van der Waals surface area contributed by atoms with Crippen molar-refractivity contribution in [3.05, 3.63) is 174 Å². The molecule has 0 aliphatic heterocycles. The van der Waals surface area contributed by atoms with Gasteiger partial charge in [0, 0.05) is 38.5 Å². The van der Waals surface area contributed by atoms with E-state index in [0.29, 0.717) is 0 Å². The van der Waals surface area contributed by atoms with Gasteiger partial charge in [0.15, 0.2) is 0 Å². The van der Waals surface area contributed by atoms with Gasteiger partial charge in [0.25, 0.3) is 0 Å². The molecule has 2 heteroatoms. The standard InChI is InChI=1S/C48H37NO.CH4/c1-47(2)38-20-8-5-16-34(38)37-29-32(26-27-40(37)47)49(42-23-13-22-41-46(42)35-17-6-9-21-39(35)48(41,3)4)31-15-11-14-30(28-31)33-19-12-25-44-45(33)36-18-7-10-24-43(36)50-44;/h5-29H,1-4H3;1H4. The van der Waals surface area contributed by atoms with E-state index in [1.54, 1.807) is 0 Å². The van der Waals surface area contributed by atoms with E-state index in [4.69, 9.17) is 4.42 Å². The van der Waals surface area contributed by atoms with Crippen molar-refractivity contribution < 1.29 is 4.42 Å². The summed E-state index contributed by atoms with van der Waals surface area (Å²) >= 11 is 0. The zero-order valence-electron chi connectivity index (χ0n) is 28.8. The Labute approximate surface area is 300 Å². The highest BCUT2D eigenvalue weighted by Crippen LogP contribution is 2.56. The molecule has 0 saturated heterocycles. The molecule has 51 heavy (non-hydrogen) atoms. The summed E-state index contributed by atoms with van der Waals surface area (Å²) < 4.78 is 6.31. The maximum absolute atomic E-state index is 6.31. The van der Waals surface area contributed by atoms with Crippen molar-refractivity contribution in [1.82, 2.24) is 0 Å². The van der Waals surface area contributed by atoms with E-state index in [2.05, 4.69) is 178 Å². The molecular formula is C49H41NO. The van der Waals surface area contributed by atoms with Crippen LogP contribution in [0.2, 0.25) is 0 Å². The van der Waals surface area contributed by atoms with Gasteiger partial charge in [0.2, 0.25) is 0 Å². The number of benzene rings is 7. The van der Waals surface area contributed by atoms with Gasteiger partial charge < -0.3 is 9.32 Å². The van der Waals surface area contributed by atoms with E-state index in [9.17, 15) is 0 Å². The summed E-state index contributed by atoms with van der Waals surface area (Å²) in [6.45, 7) is 9.41. The van der Waals surface area contributed by atoms with Crippen molar-refractivity contribution in [3.8, 4) is 33.4 Å². The number of anilines is 3. The third-order valence-corrected chi connectivity index (χ3v) is 11.5. The van der Waals surface area contributed by atoms with Gasteiger partial charge in [-0.3, -0.25) is 0 Å². The van der Waals surface area contributed by atoms with Crippen LogP contribution >= 0.6 is 0 Å². The number of nitrogens with zero attached hydrogens (tertiary/aromatic N) is 1. The molecule has 2 aliphatic rings. The van der Waals surface area contributed by atoms with Crippen LogP contribution in [0, 0.1) is 0 Å². The first kappa shape index (κ1) is 31.1. The van der Waals surface area contributed by atoms with Crippen LogP contribution in [0.15, 0.2) is 156 Å². The molecule has 7 aromatic carbocycles. The average Bonchev–Trinajstić information content (AvgIpc) is 3.72. The lowest BCUT2D eigenvalue weighted by Gasteiger charge is -2.30. The number of hydrogen-bond donors (Lipinski definition) is 0. The first-order valence-corrected chi connectivity index (χ1v) is 17.6. The summed E-state index contributed by atoms with van der Waals surface area (Å²) in [6.07, 6.45) is 0. The molecule has 8 aromatic rings. The predicted molar refractivity (Wildman–Crippen MR) is 216 cm³/mol. The SMILES string of the molecule is C.CC1(C)c2ccccc2-c2cc(N(c3cccc(-c4cccc5oc6ccccc6c45)c3)c3cccc4c3-c3ccccc3C4(C)C)ccc21. The van der Waals surface area contributed by atoms with E-state index in [-0.39, 0.29) is 18.3 Å². The number of para-hydroxylation sites is 1. The van der Waals surface area contributed by atoms with Crippen LogP contribution in [-0.2, 0) is 10.8 Å². The molecule has 1 aromatic heterocycles. The van der Waals surface area contributed by atoms with Crippen molar-refractivity contribution in [2.24, 2.45) is 0 Å². The molecule has 10 rings (SSSR count). The summed E-state index contributed by atoms with van der Waals surface area (Å²) in [7, 11) is 0. The number of fused-ring (bicyclic) bond motifs is 9. The second kappa shape index (κ2) is 11.1. The predicted octanol–water partition coefficient (Wildman–Crippen LogP) is 14.0. The highest BCUT2D eigenvalue weighted by molar-refractivity contribution is 6.12. The van der Waals surface area contributed by atoms with E-state index >= 15 is 0 Å². The van der Waals surface area contributed by atoms with Crippen molar-refractivity contribution >= 4 is 39.0 Å². The highest BCUT2D eigenvalue weighted by atomic mass is 16.3. The minimum atomic E-state index is -0.103. The second-order valence-electron chi connectivity index (χ2n) is 14.9. The highest BCUT2D eigenvalue weighted by Gasteiger charge is 2.39. The first-order chi connectivity index (χ1) is 24.3. The summed E-state index contributed by atoms with van der Waals surface area (Å²) in [6, 6.07) is 55.6. The fourth-order valence-corrected chi connectivity index (χ4v) is 9.02. The van der Waals surface area contributed by atoms with Crippen LogP contribution in [0.1, 0.15) is 57.4 Å². The Kier molecular flexibility index (Phi) is 6.76. The zero-order valence-corrected chi connectivity index (χ0v) is 28.8. The zero-order chi connectivity index (χ0) is 33.8. The Hall–Kier alpha value is -5.86. The van der Waals surface area contributed by atoms with E-state index < -0.39 is 0 Å². The van der Waals surface area contributed by atoms with Crippen LogP contribution in [0.4, 0.5) is 17.1 Å². The second-order valence-corrected chi connectivity index (χ2v) is 14.9. The maximum atomic E-state index is 6.31. The van der Waals surface area contributed by atoms with Crippen LogP contribution in [0.3, 0.4) is 0 Å². The van der Waals surface area contributed by atoms with Gasteiger partial charge in [-0.2, -0.15) is 0 Å². The van der Waals surface area contributed by atoms with Crippen molar-refractivity contribution in [1.29, 1.82) is 0 Å². The number of furan rings is 1. The molecule has 0 radical (unpaired) electrons. The maximum Gasteiger partial charge on any atom is 0.136 e. The summed E-state index contributed by atoms with van der Waals surface area (Å²) in [5.41, 5.74) is 18.2. The van der Waals surface area contributed by atoms with E-state index in [0.717, 1.165) is 38.9 Å². The van der Waals surface area contributed by atoms with Gasteiger partial charge in [-0.1, -0.05) is 144 Å². The quantitative estimate of drug-likeness (QED) is 0.187. The molecule has 0 unspecified atom stereocenters. The normalized spacial score (nSPS) is 14.4. The van der Waals surface area contributed by atoms with Crippen molar-refractivity contribution in [2.75, 3.05) is 4.90 Å². The molecule has 248 valence electrons. The van der Waals surface area contributed by atoms with Gasteiger partial charge >= 0.3 is 0 Å². The van der Waals surface area contributed by atoms with Gasteiger partial charge in [0.05, 0.1) is 5.69 Å². The lowest BCUT2D eigenvalue weighted by atomic mass is 9.82. The topological polar surface area (TPSA) is 16.4 Å². The third-order valence-electron chi connectivity index (χ3n) is 11.5. The van der Waals surface area contributed by atoms with Crippen LogP contribution in [-0.4, -0.2) is 0 Å². The molecular weight excluding hydrogens is 619 g/mol. The van der Waals surface area contributed by atoms with Crippen LogP contribution in [0.25, 0.3) is 55.3 Å². The average molecular weight is 660 g/mol. The van der Waals surface area contributed by atoms with Gasteiger partial charge in [-0.05, 0) is 92.5 Å². The van der Waals surface area contributed by atoms with Gasteiger partial charge in [0.1, 0.15) is 11.2 Å². The molecule has 0 spiro atoms. The Morgan fingerprint density at radius 2 is 1.04 bits per heavy atom. The molecule has 0 atom stereocenters. The molecule has 2 nitrogen and oxygen atoms in total. The molecule has 2 aliphatic carbocycles. The fraction of sp³-hybridized carbons (Fsp3) is 0.143. The smallest absolute Gasteiger partial charge is 0.136 e. The third kappa shape index (κ3) is 4.36. The van der Waals surface area contributed by atoms with Crippen molar-refractivity contribution in [2.45, 2.75) is 46.0 Å². The van der Waals surface area contributed by atoms with Gasteiger partial charge in [-0.15, -0.1) is 0 Å². The van der Waals surface area contributed by atoms with Crippen molar-refractivity contribution in [3.63, 3.8) is 0 Å². The number of hydrogen-bond acceptors (Lipinski definition) is 2. The molecule has 1 heterocycles. The largest absolute Gasteiger partial charge is 0.456 e. The Balaban J connectivity index is 0.00000348. The Morgan fingerprint density at radius 1 is 0.451 bits per heavy atom. The molecule has 0 saturated carbocycles. The molecule has 0 amide bonds. The molecule has 0 bridgehead atoms. The summed E-state index contributed by atoms with van der Waals surface area (Å²) in [5.74, 6) is 0. The molecule has 0 fully saturated rings. The van der Waals surface area contributed by atoms with Crippen LogP contribution < -0.4 is 4.90 Å². The number of rotatable bonds is 4. The molecule has 0 N–H and O–H groups in total. The van der Waals surface area contributed by atoms with Crippen LogP contribution in [0.5, 0.6) is 0 Å². The first-order valence-electron chi connectivity index (χ1n) is 17.6. The Morgan fingerprint density at radius 3 is 1.88 bits per heavy atom. The summed E-state index contributed by atoms with van der Waals surface area (Å²) in [5, 5.41) is 2.29. The van der Waals surface area contributed by atoms with E-state index in [1.165, 1.54) is 55.8 Å². The van der Waals surface area contributed by atoms with Gasteiger partial charge in [-0.25, -0.2) is 0 Å². The lowest BCUT2D eigenvalue weighted by molar-refractivity contribution is 0.660. The lowest BCUT2D eigenvalue weighted by Crippen LogP contribution is -2.16. The Bertz CT molecular complexity index is 2670. The minimum absolute atomic E-state index is 0. The monoisotopic (exact) mass is 659 g/mol.